The number of imide groups is 1. The summed E-state index contributed by atoms with van der Waals surface area (Å²) in [7, 11) is 0. The second-order valence-electron chi connectivity index (χ2n) is 3.88. The Hall–Kier alpha value is -1.35. The molecule has 16 heavy (non-hydrogen) atoms. The van der Waals surface area contributed by atoms with E-state index in [2.05, 4.69) is 0 Å². The van der Waals surface area contributed by atoms with Gasteiger partial charge in [-0.25, -0.2) is 0 Å². The molecule has 0 aliphatic carbocycles. The summed E-state index contributed by atoms with van der Waals surface area (Å²) < 4.78 is 0. The van der Waals surface area contributed by atoms with E-state index in [1.54, 1.807) is 24.3 Å². The number of carbonyl (C=O) groups excluding carboxylic acids is 2. The van der Waals surface area contributed by atoms with E-state index in [0.29, 0.717) is 24.1 Å². The monoisotopic (exact) mass is 237 g/mol. The smallest absolute Gasteiger partial charge is 0.261 e. The summed E-state index contributed by atoms with van der Waals surface area (Å²) in [5, 5.41) is -0.0377. The highest BCUT2D eigenvalue weighted by Crippen LogP contribution is 2.22. The van der Waals surface area contributed by atoms with E-state index in [-0.39, 0.29) is 17.2 Å². The molecule has 0 spiro atoms. The van der Waals surface area contributed by atoms with Gasteiger partial charge >= 0.3 is 0 Å². The lowest BCUT2D eigenvalue weighted by Crippen LogP contribution is -2.31. The van der Waals surface area contributed by atoms with Crippen molar-refractivity contribution < 1.29 is 9.59 Å². The number of fused-ring (bicyclic) bond motifs is 1. The molecule has 0 saturated carbocycles. The quantitative estimate of drug-likeness (QED) is 0.598. The molecule has 1 aromatic rings. The van der Waals surface area contributed by atoms with E-state index in [1.807, 2.05) is 6.92 Å². The third-order valence-corrected chi connectivity index (χ3v) is 2.85. The lowest BCUT2D eigenvalue weighted by Gasteiger charge is -2.14. The molecule has 84 valence electrons. The third-order valence-electron chi connectivity index (χ3n) is 2.63. The number of alkyl halides is 1. The molecule has 0 bridgehead atoms. The average Bonchev–Trinajstić information content (AvgIpc) is 2.50. The van der Waals surface area contributed by atoms with E-state index < -0.39 is 0 Å². The van der Waals surface area contributed by atoms with Crippen LogP contribution in [0, 0.1) is 0 Å². The Morgan fingerprint density at radius 3 is 2.12 bits per heavy atom. The maximum atomic E-state index is 11.9. The van der Waals surface area contributed by atoms with Gasteiger partial charge in [0.2, 0.25) is 0 Å². The van der Waals surface area contributed by atoms with Gasteiger partial charge in [-0.1, -0.05) is 12.1 Å². The van der Waals surface area contributed by atoms with Gasteiger partial charge in [-0.05, 0) is 25.5 Å². The summed E-state index contributed by atoms with van der Waals surface area (Å²) in [5.74, 6) is -0.421. The van der Waals surface area contributed by atoms with E-state index in [4.69, 9.17) is 11.6 Å². The van der Waals surface area contributed by atoms with Gasteiger partial charge in [-0.3, -0.25) is 14.5 Å². The molecule has 2 amide bonds. The van der Waals surface area contributed by atoms with Gasteiger partial charge in [0.25, 0.3) is 11.8 Å². The summed E-state index contributed by atoms with van der Waals surface area (Å²) in [6.45, 7) is 2.23. The van der Waals surface area contributed by atoms with Crippen LogP contribution in [0.4, 0.5) is 0 Å². The van der Waals surface area contributed by atoms with Gasteiger partial charge in [-0.2, -0.15) is 0 Å². The topological polar surface area (TPSA) is 37.4 Å². The van der Waals surface area contributed by atoms with E-state index in [1.165, 1.54) is 4.90 Å². The number of hydrogen-bond donors (Lipinski definition) is 0. The van der Waals surface area contributed by atoms with Crippen molar-refractivity contribution in [3.63, 3.8) is 0 Å². The molecule has 1 heterocycles. The van der Waals surface area contributed by atoms with Crippen molar-refractivity contribution in [3.8, 4) is 0 Å². The molecule has 0 unspecified atom stereocenters. The maximum absolute atomic E-state index is 11.9. The second-order valence-corrected chi connectivity index (χ2v) is 4.62. The van der Waals surface area contributed by atoms with Crippen LogP contribution in [-0.4, -0.2) is 28.6 Å². The first-order valence-electron chi connectivity index (χ1n) is 5.20. The summed E-state index contributed by atoms with van der Waals surface area (Å²) >= 11 is 5.81. The number of nitrogens with zero attached hydrogens (tertiary/aromatic N) is 1. The van der Waals surface area contributed by atoms with Crippen LogP contribution in [0.5, 0.6) is 0 Å². The Bertz CT molecular complexity index is 407. The van der Waals surface area contributed by atoms with E-state index >= 15 is 0 Å². The molecule has 4 heteroatoms. The van der Waals surface area contributed by atoms with Gasteiger partial charge in [-0.15, -0.1) is 11.6 Å². The Kier molecular flexibility index (Phi) is 2.97. The molecular weight excluding hydrogens is 226 g/mol. The molecule has 1 aliphatic rings. The van der Waals surface area contributed by atoms with Crippen molar-refractivity contribution >= 4 is 23.4 Å². The van der Waals surface area contributed by atoms with Crippen LogP contribution >= 0.6 is 11.6 Å². The number of halogens is 1. The Labute approximate surface area is 99.0 Å². The minimum Gasteiger partial charge on any atom is -0.274 e. The zero-order valence-electron chi connectivity index (χ0n) is 8.94. The fourth-order valence-corrected chi connectivity index (χ4v) is 1.85. The molecular formula is C12H12ClNO2. The summed E-state index contributed by atoms with van der Waals surface area (Å²) in [6, 6.07) is 6.88. The van der Waals surface area contributed by atoms with Crippen LogP contribution in [0.15, 0.2) is 24.3 Å². The van der Waals surface area contributed by atoms with Crippen LogP contribution in [-0.2, 0) is 0 Å². The number of benzene rings is 1. The third kappa shape index (κ3) is 1.83. The zero-order valence-corrected chi connectivity index (χ0v) is 9.70. The highest BCUT2D eigenvalue weighted by atomic mass is 35.5. The molecule has 1 atom stereocenters. The van der Waals surface area contributed by atoms with Crippen molar-refractivity contribution in [2.24, 2.45) is 0 Å². The van der Waals surface area contributed by atoms with Crippen molar-refractivity contribution in [2.45, 2.75) is 18.7 Å². The van der Waals surface area contributed by atoms with Crippen LogP contribution in [0.2, 0.25) is 0 Å². The molecule has 3 nitrogen and oxygen atoms in total. The van der Waals surface area contributed by atoms with Gasteiger partial charge in [0, 0.05) is 11.9 Å². The predicted octanol–water partition coefficient (Wildman–Crippen LogP) is 2.30. The molecule has 0 aromatic heterocycles. The van der Waals surface area contributed by atoms with Gasteiger partial charge < -0.3 is 0 Å². The number of carbonyl (C=O) groups is 2. The Morgan fingerprint density at radius 1 is 1.19 bits per heavy atom. The minimum atomic E-state index is -0.210. The second kappa shape index (κ2) is 4.26. The molecule has 0 fully saturated rings. The summed E-state index contributed by atoms with van der Waals surface area (Å²) in [4.78, 5) is 25.0. The highest BCUT2D eigenvalue weighted by molar-refractivity contribution is 6.22. The SMILES string of the molecule is C[C@H](Cl)CCN1C(=O)c2ccccc2C1=O. The van der Waals surface area contributed by atoms with Gasteiger partial charge in [0.15, 0.2) is 0 Å². The number of rotatable bonds is 3. The van der Waals surface area contributed by atoms with E-state index in [9.17, 15) is 9.59 Å². The molecule has 1 aromatic carbocycles. The van der Waals surface area contributed by atoms with Gasteiger partial charge in [0.1, 0.15) is 0 Å². The fourth-order valence-electron chi connectivity index (χ4n) is 1.75. The van der Waals surface area contributed by atoms with Crippen molar-refractivity contribution in [2.75, 3.05) is 6.54 Å². The molecule has 0 N–H and O–H groups in total. The number of hydrogen-bond acceptors (Lipinski definition) is 2. The summed E-state index contributed by atoms with van der Waals surface area (Å²) in [6.07, 6.45) is 0.618. The Morgan fingerprint density at radius 2 is 1.69 bits per heavy atom. The van der Waals surface area contributed by atoms with Crippen molar-refractivity contribution in [3.05, 3.63) is 35.4 Å². The van der Waals surface area contributed by atoms with E-state index in [0.717, 1.165) is 0 Å². The molecule has 0 radical (unpaired) electrons. The lowest BCUT2D eigenvalue weighted by molar-refractivity contribution is 0.0653. The average molecular weight is 238 g/mol. The van der Waals surface area contributed by atoms with Gasteiger partial charge in [0.05, 0.1) is 11.1 Å². The lowest BCUT2D eigenvalue weighted by atomic mass is 10.1. The first-order valence-corrected chi connectivity index (χ1v) is 5.64. The normalized spacial score (nSPS) is 16.5. The minimum absolute atomic E-state index is 0.0377. The largest absolute Gasteiger partial charge is 0.274 e. The molecule has 2 rings (SSSR count). The fraction of sp³-hybridized carbons (Fsp3) is 0.333. The maximum Gasteiger partial charge on any atom is 0.261 e. The predicted molar refractivity (Wildman–Crippen MR) is 61.7 cm³/mol. The van der Waals surface area contributed by atoms with Crippen LogP contribution < -0.4 is 0 Å². The first kappa shape index (κ1) is 11.1. The first-order chi connectivity index (χ1) is 7.61. The van der Waals surface area contributed by atoms with Crippen LogP contribution in [0.25, 0.3) is 0 Å². The van der Waals surface area contributed by atoms with Crippen LogP contribution in [0.3, 0.4) is 0 Å². The Balaban J connectivity index is 2.22. The zero-order chi connectivity index (χ0) is 11.7. The van der Waals surface area contributed by atoms with Crippen molar-refractivity contribution in [1.82, 2.24) is 4.90 Å². The van der Waals surface area contributed by atoms with Crippen molar-refractivity contribution in [1.29, 1.82) is 0 Å². The molecule has 0 saturated heterocycles. The standard InChI is InChI=1S/C12H12ClNO2/c1-8(13)6-7-14-11(15)9-4-2-3-5-10(9)12(14)16/h2-5,8H,6-7H2,1H3/t8-/m0/s1. The number of amides is 2. The van der Waals surface area contributed by atoms with Crippen LogP contribution in [0.1, 0.15) is 34.1 Å². The molecule has 1 aliphatic heterocycles. The summed E-state index contributed by atoms with van der Waals surface area (Å²) in [5.41, 5.74) is 0.990. The highest BCUT2D eigenvalue weighted by Gasteiger charge is 2.34.